The van der Waals surface area contributed by atoms with Crippen LogP contribution in [0, 0.1) is 27.2 Å². The molecule has 1 aliphatic rings. The van der Waals surface area contributed by atoms with E-state index in [1.54, 1.807) is 0 Å². The smallest absolute Gasteiger partial charge is 0.0906 e. The molecule has 1 nitrogen and oxygen atoms in total. The predicted molar refractivity (Wildman–Crippen MR) is 145 cm³/mol. The SMILES string of the molecule is [CH2-][P+](c1ccc(C)cc1)(c1ccc(C)cc1)N(CCCC)[P+]1([CH2-])[C@H](CC)C=C[C@H]1CC. The van der Waals surface area contributed by atoms with E-state index < -0.39 is 14.8 Å². The molecule has 0 unspecified atom stereocenters. The second-order valence-corrected chi connectivity index (χ2v) is 16.1. The lowest BCUT2D eigenvalue weighted by atomic mass is 10.2. The summed E-state index contributed by atoms with van der Waals surface area (Å²) in [6, 6.07) is 18.4. The number of hydrogen-bond acceptors (Lipinski definition) is 1. The zero-order valence-electron chi connectivity index (χ0n) is 20.2. The predicted octanol–water partition coefficient (Wildman–Crippen LogP) is 7.93. The highest BCUT2D eigenvalue weighted by Gasteiger charge is 2.56. The lowest BCUT2D eigenvalue weighted by molar-refractivity contribution is 0.617. The van der Waals surface area contributed by atoms with Gasteiger partial charge in [0.1, 0.15) is 0 Å². The maximum atomic E-state index is 5.15. The zero-order valence-corrected chi connectivity index (χ0v) is 22.0. The van der Waals surface area contributed by atoms with Crippen molar-refractivity contribution in [1.29, 1.82) is 0 Å². The summed E-state index contributed by atoms with van der Waals surface area (Å²) in [6.45, 7) is 22.7. The number of unbranched alkanes of at least 4 members (excludes halogenated alkanes) is 1. The topological polar surface area (TPSA) is 3.24 Å². The Morgan fingerprint density at radius 3 is 1.58 bits per heavy atom. The van der Waals surface area contributed by atoms with Crippen molar-refractivity contribution in [3.05, 3.63) is 85.1 Å². The molecule has 31 heavy (non-hydrogen) atoms. The van der Waals surface area contributed by atoms with E-state index in [0.29, 0.717) is 11.3 Å². The molecule has 0 saturated heterocycles. The van der Waals surface area contributed by atoms with Gasteiger partial charge in [0.25, 0.3) is 0 Å². The second-order valence-electron chi connectivity index (χ2n) is 9.11. The highest BCUT2D eigenvalue weighted by atomic mass is 31.2. The zero-order chi connectivity index (χ0) is 22.6. The van der Waals surface area contributed by atoms with Crippen molar-refractivity contribution in [2.45, 2.75) is 71.6 Å². The van der Waals surface area contributed by atoms with Crippen molar-refractivity contribution in [3.8, 4) is 0 Å². The summed E-state index contributed by atoms with van der Waals surface area (Å²) in [5.74, 6) is 0. The third-order valence-corrected chi connectivity index (χ3v) is 16.6. The number of aryl methyl sites for hydroxylation is 2. The van der Waals surface area contributed by atoms with Crippen molar-refractivity contribution in [3.63, 3.8) is 0 Å². The third-order valence-electron chi connectivity index (χ3n) is 7.00. The Balaban J connectivity index is 2.25. The van der Waals surface area contributed by atoms with Gasteiger partial charge in [-0.05, 0) is 76.9 Å². The Kier molecular flexibility index (Phi) is 8.18. The van der Waals surface area contributed by atoms with Crippen LogP contribution in [-0.4, -0.2) is 22.3 Å². The summed E-state index contributed by atoms with van der Waals surface area (Å²) >= 11 is 0. The molecule has 0 spiro atoms. The van der Waals surface area contributed by atoms with Crippen LogP contribution >= 0.6 is 14.8 Å². The fourth-order valence-corrected chi connectivity index (χ4v) is 15.0. The summed E-state index contributed by atoms with van der Waals surface area (Å²) in [6.07, 6.45) is 9.69. The molecule has 0 saturated carbocycles. The molecule has 3 heteroatoms. The average molecular weight is 454 g/mol. The van der Waals surface area contributed by atoms with Crippen LogP contribution in [0.5, 0.6) is 0 Å². The lowest BCUT2D eigenvalue weighted by Crippen LogP contribution is -2.39. The van der Waals surface area contributed by atoms with E-state index in [1.165, 1.54) is 34.6 Å². The molecule has 2 atom stereocenters. The number of allylic oxidation sites excluding steroid dienone is 2. The van der Waals surface area contributed by atoms with Gasteiger partial charge in [-0.15, -0.1) is 11.1 Å². The number of hydrogen-bond donors (Lipinski definition) is 0. The van der Waals surface area contributed by atoms with Crippen molar-refractivity contribution in [1.82, 2.24) is 4.44 Å². The Labute approximate surface area is 193 Å². The van der Waals surface area contributed by atoms with Crippen LogP contribution in [0.25, 0.3) is 0 Å². The molecule has 0 amide bonds. The van der Waals surface area contributed by atoms with E-state index in [9.17, 15) is 0 Å². The van der Waals surface area contributed by atoms with Gasteiger partial charge in [0, 0.05) is 0 Å². The molecule has 2 aromatic rings. The van der Waals surface area contributed by atoms with Crippen molar-refractivity contribution >= 4 is 25.4 Å². The maximum Gasteiger partial charge on any atom is 0.0906 e. The van der Waals surface area contributed by atoms with Crippen LogP contribution in [0.1, 0.15) is 57.6 Å². The van der Waals surface area contributed by atoms with Gasteiger partial charge < -0.3 is 0 Å². The van der Waals surface area contributed by atoms with Gasteiger partial charge in [-0.25, -0.2) is 0 Å². The summed E-state index contributed by atoms with van der Waals surface area (Å²) in [5.41, 5.74) is 3.73. The average Bonchev–Trinajstić information content (AvgIpc) is 3.10. The van der Waals surface area contributed by atoms with Gasteiger partial charge >= 0.3 is 0 Å². The molecule has 0 aliphatic carbocycles. The molecule has 3 rings (SSSR count). The van der Waals surface area contributed by atoms with Crippen molar-refractivity contribution in [2.24, 2.45) is 0 Å². The second kappa shape index (κ2) is 10.3. The molecule has 0 aromatic heterocycles. The highest BCUT2D eigenvalue weighted by Crippen LogP contribution is 2.83. The van der Waals surface area contributed by atoms with Crippen molar-refractivity contribution < 1.29 is 0 Å². The van der Waals surface area contributed by atoms with E-state index in [1.807, 2.05) is 0 Å². The molecule has 0 fully saturated rings. The number of nitrogens with zero attached hydrogens (tertiary/aromatic N) is 1. The molecular formula is C28H41NP2. The monoisotopic (exact) mass is 453 g/mol. The van der Waals surface area contributed by atoms with Gasteiger partial charge in [-0.2, -0.15) is 6.66 Å². The van der Waals surface area contributed by atoms with Gasteiger partial charge in [0.05, 0.1) is 35.9 Å². The third kappa shape index (κ3) is 4.57. The van der Waals surface area contributed by atoms with Crippen LogP contribution in [0.2, 0.25) is 0 Å². The summed E-state index contributed by atoms with van der Waals surface area (Å²) in [5, 5.41) is 2.77. The summed E-state index contributed by atoms with van der Waals surface area (Å²) < 4.78 is 2.89. The largest absolute Gasteiger partial charge is 0.158 e. The molecule has 2 aromatic carbocycles. The Bertz CT molecular complexity index is 809. The van der Waals surface area contributed by atoms with E-state index in [-0.39, 0.29) is 0 Å². The first-order valence-electron chi connectivity index (χ1n) is 11.9. The van der Waals surface area contributed by atoms with E-state index in [4.69, 9.17) is 13.3 Å². The summed E-state index contributed by atoms with van der Waals surface area (Å²) in [4.78, 5) is 0. The van der Waals surface area contributed by atoms with Gasteiger partial charge in [-0.3, -0.25) is 0 Å². The van der Waals surface area contributed by atoms with E-state index >= 15 is 0 Å². The fourth-order valence-electron chi connectivity index (χ4n) is 4.99. The number of rotatable bonds is 9. The van der Waals surface area contributed by atoms with Crippen LogP contribution in [0.15, 0.2) is 60.7 Å². The van der Waals surface area contributed by atoms with Gasteiger partial charge in [0.15, 0.2) is 0 Å². The van der Waals surface area contributed by atoms with Gasteiger partial charge in [-0.1, -0.05) is 62.6 Å². The van der Waals surface area contributed by atoms with E-state index in [2.05, 4.69) is 99.7 Å². The minimum Gasteiger partial charge on any atom is -0.158 e. The molecule has 0 N–H and O–H groups in total. The molecule has 1 heterocycles. The number of benzene rings is 2. The van der Waals surface area contributed by atoms with Crippen molar-refractivity contribution in [2.75, 3.05) is 6.54 Å². The van der Waals surface area contributed by atoms with E-state index in [0.717, 1.165) is 19.4 Å². The van der Waals surface area contributed by atoms with Crippen LogP contribution in [0.3, 0.4) is 0 Å². The first kappa shape index (κ1) is 24.6. The Morgan fingerprint density at radius 1 is 0.806 bits per heavy atom. The maximum absolute atomic E-state index is 5.15. The highest BCUT2D eigenvalue weighted by molar-refractivity contribution is 7.97. The van der Waals surface area contributed by atoms with Crippen LogP contribution in [0.4, 0.5) is 0 Å². The molecule has 1 aliphatic heterocycles. The first-order valence-corrected chi connectivity index (χ1v) is 15.9. The van der Waals surface area contributed by atoms with Crippen LogP contribution < -0.4 is 10.6 Å². The molecule has 0 radical (unpaired) electrons. The minimum absolute atomic E-state index is 0.561. The molecule has 0 bridgehead atoms. The Morgan fingerprint density at radius 2 is 1.23 bits per heavy atom. The lowest BCUT2D eigenvalue weighted by Gasteiger charge is -2.51. The normalized spacial score (nSPS) is 20.5. The molecular weight excluding hydrogens is 412 g/mol. The quantitative estimate of drug-likeness (QED) is 0.212. The van der Waals surface area contributed by atoms with Crippen LogP contribution in [-0.2, 0) is 0 Å². The van der Waals surface area contributed by atoms with Gasteiger partial charge in [0.2, 0.25) is 0 Å². The molecule has 168 valence electrons. The summed E-state index contributed by atoms with van der Waals surface area (Å²) in [7, 11) is -3.74. The standard InChI is InChI=1S/C28H41NP2/c1-8-11-22-29(30(6)25(9-2)20-21-26(30)10-3)31(7,27-16-12-23(4)13-17-27)28-18-14-24(5)15-19-28/h12-21,25-26H,6-11,22H2,1-5H3/t25-,26-/m1/s1. The first-order chi connectivity index (χ1) is 14.8. The Hall–Kier alpha value is -1.00. The fraction of sp³-hybridized carbons (Fsp3) is 0.429. The minimum atomic E-state index is -2.04.